The Balaban J connectivity index is 2.00. The van der Waals surface area contributed by atoms with Gasteiger partial charge in [0.2, 0.25) is 0 Å². The van der Waals surface area contributed by atoms with E-state index in [2.05, 4.69) is 4.98 Å². The molecule has 0 spiro atoms. The van der Waals surface area contributed by atoms with Crippen LogP contribution in [-0.2, 0) is 0 Å². The fraction of sp³-hybridized carbons (Fsp3) is 0.0625. The minimum absolute atomic E-state index is 0.576. The molecular formula is C16H14N2OS. The van der Waals surface area contributed by atoms with Crippen molar-refractivity contribution in [2.45, 2.75) is 0 Å². The summed E-state index contributed by atoms with van der Waals surface area (Å²) < 4.78 is 5.16. The summed E-state index contributed by atoms with van der Waals surface area (Å²) in [6, 6.07) is 17.9. The third-order valence-corrected chi connectivity index (χ3v) is 4.20. The molecule has 100 valence electrons. The number of hydrogen-bond acceptors (Lipinski definition) is 4. The van der Waals surface area contributed by atoms with E-state index < -0.39 is 0 Å². The van der Waals surface area contributed by atoms with Crippen LogP contribution in [0.3, 0.4) is 0 Å². The van der Waals surface area contributed by atoms with Crippen molar-refractivity contribution >= 4 is 17.2 Å². The Morgan fingerprint density at radius 3 is 2.30 bits per heavy atom. The van der Waals surface area contributed by atoms with Crippen LogP contribution in [0.2, 0.25) is 0 Å². The number of hydrogen-bond donors (Lipinski definition) is 1. The van der Waals surface area contributed by atoms with Gasteiger partial charge in [0.1, 0.15) is 16.6 Å². The van der Waals surface area contributed by atoms with E-state index in [9.17, 15) is 0 Å². The van der Waals surface area contributed by atoms with Gasteiger partial charge in [-0.3, -0.25) is 0 Å². The highest BCUT2D eigenvalue weighted by Crippen LogP contribution is 2.37. The minimum Gasteiger partial charge on any atom is -0.497 e. The Kier molecular flexibility index (Phi) is 3.39. The van der Waals surface area contributed by atoms with Crippen LogP contribution in [0.15, 0.2) is 54.6 Å². The highest BCUT2D eigenvalue weighted by molar-refractivity contribution is 7.19. The predicted octanol–water partition coefficient (Wildman–Crippen LogP) is 4.07. The van der Waals surface area contributed by atoms with Gasteiger partial charge in [0.25, 0.3) is 0 Å². The Bertz CT molecular complexity index is 705. The van der Waals surface area contributed by atoms with Crippen LogP contribution in [-0.4, -0.2) is 12.1 Å². The molecule has 3 aromatic rings. The quantitative estimate of drug-likeness (QED) is 0.787. The summed E-state index contributed by atoms with van der Waals surface area (Å²) in [7, 11) is 1.66. The first-order valence-electron chi connectivity index (χ1n) is 6.24. The van der Waals surface area contributed by atoms with Crippen molar-refractivity contribution in [3.63, 3.8) is 0 Å². The third kappa shape index (κ3) is 2.38. The van der Waals surface area contributed by atoms with Crippen molar-refractivity contribution in [2.75, 3.05) is 12.8 Å². The first-order chi connectivity index (χ1) is 9.78. The van der Waals surface area contributed by atoms with Crippen LogP contribution in [0.4, 0.5) is 5.82 Å². The Morgan fingerprint density at radius 2 is 1.65 bits per heavy atom. The second-order valence-corrected chi connectivity index (χ2v) is 5.33. The van der Waals surface area contributed by atoms with E-state index in [0.29, 0.717) is 5.82 Å². The molecule has 20 heavy (non-hydrogen) atoms. The van der Waals surface area contributed by atoms with Gasteiger partial charge in [-0.1, -0.05) is 30.3 Å². The standard InChI is InChI=1S/C16H14N2OS/c1-19-13-9-7-12(8-10-13)16-18-15(17)14(20-16)11-5-3-2-4-6-11/h2-10H,17H2,1H3. The van der Waals surface area contributed by atoms with Gasteiger partial charge in [0, 0.05) is 5.56 Å². The number of anilines is 1. The molecule has 0 fully saturated rings. The smallest absolute Gasteiger partial charge is 0.143 e. The van der Waals surface area contributed by atoms with Gasteiger partial charge in [-0.25, -0.2) is 4.98 Å². The predicted molar refractivity (Wildman–Crippen MR) is 84.0 cm³/mol. The van der Waals surface area contributed by atoms with Crippen molar-refractivity contribution in [3.05, 3.63) is 54.6 Å². The summed E-state index contributed by atoms with van der Waals surface area (Å²) in [6.07, 6.45) is 0. The molecule has 0 aliphatic carbocycles. The van der Waals surface area contributed by atoms with Gasteiger partial charge in [-0.05, 0) is 29.8 Å². The number of methoxy groups -OCH3 is 1. The second-order valence-electron chi connectivity index (χ2n) is 4.33. The molecule has 1 aromatic heterocycles. The highest BCUT2D eigenvalue weighted by Gasteiger charge is 2.11. The van der Waals surface area contributed by atoms with Gasteiger partial charge in [-0.2, -0.15) is 0 Å². The first kappa shape index (κ1) is 12.7. The fourth-order valence-corrected chi connectivity index (χ4v) is 2.98. The van der Waals surface area contributed by atoms with E-state index in [4.69, 9.17) is 10.5 Å². The van der Waals surface area contributed by atoms with Crippen LogP contribution < -0.4 is 10.5 Å². The molecule has 0 bridgehead atoms. The number of nitrogens with two attached hydrogens (primary N) is 1. The average molecular weight is 282 g/mol. The van der Waals surface area contributed by atoms with Gasteiger partial charge in [0.15, 0.2) is 0 Å². The fourth-order valence-electron chi connectivity index (χ4n) is 1.99. The summed E-state index contributed by atoms with van der Waals surface area (Å²) in [5.74, 6) is 1.41. The molecule has 2 aromatic carbocycles. The van der Waals surface area contributed by atoms with Gasteiger partial charge < -0.3 is 10.5 Å². The lowest BCUT2D eigenvalue weighted by molar-refractivity contribution is 0.415. The maximum absolute atomic E-state index is 6.04. The number of nitrogen functional groups attached to an aromatic ring is 1. The minimum atomic E-state index is 0.576. The maximum atomic E-state index is 6.04. The van der Waals surface area contributed by atoms with E-state index in [0.717, 1.165) is 26.8 Å². The summed E-state index contributed by atoms with van der Waals surface area (Å²) in [6.45, 7) is 0. The molecule has 0 atom stereocenters. The van der Waals surface area contributed by atoms with E-state index in [1.54, 1.807) is 18.4 Å². The summed E-state index contributed by atoms with van der Waals surface area (Å²) in [5, 5.41) is 0.920. The average Bonchev–Trinajstić information content (AvgIpc) is 2.90. The monoisotopic (exact) mass is 282 g/mol. The second kappa shape index (κ2) is 5.35. The normalized spacial score (nSPS) is 10.4. The zero-order chi connectivity index (χ0) is 13.9. The van der Waals surface area contributed by atoms with Crippen molar-refractivity contribution < 1.29 is 4.74 Å². The molecule has 3 nitrogen and oxygen atoms in total. The number of ether oxygens (including phenoxy) is 1. The molecule has 0 saturated heterocycles. The van der Waals surface area contributed by atoms with E-state index >= 15 is 0 Å². The van der Waals surface area contributed by atoms with Crippen LogP contribution in [0.1, 0.15) is 0 Å². The lowest BCUT2D eigenvalue weighted by Crippen LogP contribution is -1.87. The first-order valence-corrected chi connectivity index (χ1v) is 7.06. The molecule has 2 N–H and O–H groups in total. The largest absolute Gasteiger partial charge is 0.497 e. The molecule has 0 aliphatic heterocycles. The van der Waals surface area contributed by atoms with E-state index in [-0.39, 0.29) is 0 Å². The highest BCUT2D eigenvalue weighted by atomic mass is 32.1. The van der Waals surface area contributed by atoms with Crippen LogP contribution in [0.5, 0.6) is 5.75 Å². The SMILES string of the molecule is COc1ccc(-c2nc(N)c(-c3ccccc3)s2)cc1. The van der Waals surface area contributed by atoms with Gasteiger partial charge in [-0.15, -0.1) is 11.3 Å². The molecular weight excluding hydrogens is 268 g/mol. The van der Waals surface area contributed by atoms with Crippen molar-refractivity contribution in [1.82, 2.24) is 4.98 Å². The van der Waals surface area contributed by atoms with E-state index in [1.807, 2.05) is 54.6 Å². The molecule has 0 aliphatic rings. The summed E-state index contributed by atoms with van der Waals surface area (Å²) in [4.78, 5) is 5.48. The molecule has 0 saturated carbocycles. The Labute approximate surface area is 121 Å². The molecule has 0 amide bonds. The van der Waals surface area contributed by atoms with Crippen LogP contribution in [0, 0.1) is 0 Å². The lowest BCUT2D eigenvalue weighted by Gasteiger charge is -2.00. The summed E-state index contributed by atoms with van der Waals surface area (Å²) >= 11 is 1.60. The van der Waals surface area contributed by atoms with Gasteiger partial charge >= 0.3 is 0 Å². The van der Waals surface area contributed by atoms with E-state index in [1.165, 1.54) is 0 Å². The Morgan fingerprint density at radius 1 is 0.950 bits per heavy atom. The molecule has 4 heteroatoms. The molecule has 1 heterocycles. The number of benzene rings is 2. The van der Waals surface area contributed by atoms with Gasteiger partial charge in [0.05, 0.1) is 12.0 Å². The number of nitrogens with zero attached hydrogens (tertiary/aromatic N) is 1. The Hall–Kier alpha value is -2.33. The third-order valence-electron chi connectivity index (χ3n) is 3.03. The van der Waals surface area contributed by atoms with Crippen molar-refractivity contribution in [2.24, 2.45) is 0 Å². The van der Waals surface area contributed by atoms with Crippen molar-refractivity contribution in [1.29, 1.82) is 0 Å². The maximum Gasteiger partial charge on any atom is 0.143 e. The van der Waals surface area contributed by atoms with Crippen LogP contribution >= 0.6 is 11.3 Å². The topological polar surface area (TPSA) is 48.1 Å². The molecule has 3 rings (SSSR count). The summed E-state index contributed by atoms with van der Waals surface area (Å²) in [5.41, 5.74) is 8.19. The van der Waals surface area contributed by atoms with Crippen molar-refractivity contribution in [3.8, 4) is 26.8 Å². The zero-order valence-corrected chi connectivity index (χ0v) is 11.9. The lowest BCUT2D eigenvalue weighted by atomic mass is 10.2. The number of aromatic nitrogens is 1. The number of rotatable bonds is 3. The molecule has 0 unspecified atom stereocenters. The molecule has 0 radical (unpaired) electrons. The number of thiazole rings is 1. The van der Waals surface area contributed by atoms with Crippen LogP contribution in [0.25, 0.3) is 21.0 Å². The zero-order valence-electron chi connectivity index (χ0n) is 11.0.